The molecule has 3 aromatic rings. The lowest BCUT2D eigenvalue weighted by Gasteiger charge is -2.34. The molecule has 1 N–H and O–H groups in total. The fourth-order valence-electron chi connectivity index (χ4n) is 5.10. The summed E-state index contributed by atoms with van der Waals surface area (Å²) in [5.41, 5.74) is 4.10. The van der Waals surface area contributed by atoms with Gasteiger partial charge in [0.05, 0.1) is 11.9 Å². The van der Waals surface area contributed by atoms with Crippen molar-refractivity contribution in [3.63, 3.8) is 0 Å². The normalized spacial score (nSPS) is 16.8. The van der Waals surface area contributed by atoms with E-state index in [1.807, 2.05) is 12.1 Å². The number of aromatic nitrogens is 1. The number of carbonyl (C=O) groups is 2. The fourth-order valence-corrected chi connectivity index (χ4v) is 5.10. The predicted octanol–water partition coefficient (Wildman–Crippen LogP) is 5.18. The maximum atomic E-state index is 13.0. The van der Waals surface area contributed by atoms with E-state index in [1.54, 1.807) is 12.3 Å². The van der Waals surface area contributed by atoms with Gasteiger partial charge in [-0.3, -0.25) is 4.79 Å². The van der Waals surface area contributed by atoms with E-state index in [0.717, 1.165) is 63.3 Å². The number of hydrogen-bond donors (Lipinski definition) is 1. The molecular formula is C31H33F2N5O3. The Morgan fingerprint density at radius 3 is 2.27 bits per heavy atom. The maximum absolute atomic E-state index is 13.0. The van der Waals surface area contributed by atoms with E-state index in [4.69, 9.17) is 5.26 Å². The quantitative estimate of drug-likeness (QED) is 0.472. The number of ether oxygens (including phenoxy) is 1. The highest BCUT2D eigenvalue weighted by atomic mass is 19.1. The molecule has 2 aromatic carbocycles. The Kier molecular flexibility index (Phi) is 9.85. The molecule has 0 aliphatic carbocycles. The highest BCUT2D eigenvalue weighted by molar-refractivity contribution is 5.79. The number of aryl methyl sites for hydroxylation is 1. The Balaban J connectivity index is 0.000000251. The van der Waals surface area contributed by atoms with Gasteiger partial charge in [0.1, 0.15) is 29.1 Å². The van der Waals surface area contributed by atoms with Gasteiger partial charge >= 0.3 is 6.09 Å². The molecule has 2 aliphatic rings. The van der Waals surface area contributed by atoms with Crippen LogP contribution in [-0.2, 0) is 4.79 Å². The van der Waals surface area contributed by atoms with E-state index in [-0.39, 0.29) is 11.7 Å². The zero-order valence-corrected chi connectivity index (χ0v) is 23.1. The van der Waals surface area contributed by atoms with Crippen LogP contribution >= 0.6 is 0 Å². The van der Waals surface area contributed by atoms with Crippen molar-refractivity contribution in [2.75, 3.05) is 38.1 Å². The zero-order valence-electron chi connectivity index (χ0n) is 23.1. The van der Waals surface area contributed by atoms with E-state index in [1.165, 1.54) is 18.2 Å². The van der Waals surface area contributed by atoms with Gasteiger partial charge in [-0.05, 0) is 43.9 Å². The summed E-state index contributed by atoms with van der Waals surface area (Å²) >= 11 is 0. The van der Waals surface area contributed by atoms with Crippen molar-refractivity contribution < 1.29 is 23.1 Å². The number of carbonyl (C=O) groups excluding carboxylic acids is 2. The fraction of sp³-hybridized carbons (Fsp3) is 0.355. The minimum Gasteiger partial charge on any atom is -0.410 e. The molecule has 5 rings (SSSR count). The number of nitrogens with zero attached hydrogens (tertiary/aromatic N) is 4. The number of hydrogen-bond acceptors (Lipinski definition) is 6. The van der Waals surface area contributed by atoms with Crippen molar-refractivity contribution in [1.82, 2.24) is 15.2 Å². The molecule has 1 atom stereocenters. The van der Waals surface area contributed by atoms with Crippen LogP contribution in [0.4, 0.5) is 19.3 Å². The highest BCUT2D eigenvalue weighted by Crippen LogP contribution is 2.31. The number of rotatable bonds is 4. The second kappa shape index (κ2) is 13.7. The van der Waals surface area contributed by atoms with Gasteiger partial charge in [-0.1, -0.05) is 29.8 Å². The number of pyridine rings is 1. The number of likely N-dealkylation sites (tertiary alicyclic amines) is 1. The molecule has 41 heavy (non-hydrogen) atoms. The zero-order chi connectivity index (χ0) is 29.4. The van der Waals surface area contributed by atoms with Crippen molar-refractivity contribution in [2.45, 2.75) is 32.1 Å². The lowest BCUT2D eigenvalue weighted by atomic mass is 9.94. The molecule has 8 nitrogen and oxygen atoms in total. The smallest absolute Gasteiger partial charge is 0.410 e. The number of amides is 2. The monoisotopic (exact) mass is 561 g/mol. The molecule has 214 valence electrons. The van der Waals surface area contributed by atoms with Crippen LogP contribution in [0.1, 0.15) is 42.0 Å². The SMILES string of the molecule is CNC(=O)Oc1cc(F)cc(F)c1.Cc1ccc(C2CCN(C(=O)C3CCN(c4ccc(C#N)nc4)CC3)C2)cc1. The van der Waals surface area contributed by atoms with E-state index in [2.05, 4.69) is 56.0 Å². The Morgan fingerprint density at radius 2 is 1.68 bits per heavy atom. The van der Waals surface area contributed by atoms with Crippen LogP contribution in [0.25, 0.3) is 0 Å². The first kappa shape index (κ1) is 29.5. The summed E-state index contributed by atoms with van der Waals surface area (Å²) in [4.78, 5) is 32.1. The summed E-state index contributed by atoms with van der Waals surface area (Å²) < 4.78 is 29.6. The Hall–Kier alpha value is -4.52. The molecule has 0 saturated carbocycles. The van der Waals surface area contributed by atoms with Crippen molar-refractivity contribution in [3.8, 4) is 11.8 Å². The maximum Gasteiger partial charge on any atom is 0.412 e. The van der Waals surface area contributed by atoms with Crippen LogP contribution < -0.4 is 15.0 Å². The summed E-state index contributed by atoms with van der Waals surface area (Å²) in [5, 5.41) is 11.0. The second-order valence-corrected chi connectivity index (χ2v) is 10.2. The van der Waals surface area contributed by atoms with E-state index >= 15 is 0 Å². The molecule has 3 heterocycles. The Labute approximate surface area is 238 Å². The summed E-state index contributed by atoms with van der Waals surface area (Å²) in [5.74, 6) is -0.837. The Morgan fingerprint density at radius 1 is 1.00 bits per heavy atom. The van der Waals surface area contributed by atoms with Gasteiger partial charge in [-0.15, -0.1) is 0 Å². The van der Waals surface area contributed by atoms with Gasteiger partial charge in [0, 0.05) is 63.3 Å². The number of halogens is 2. The first-order valence-corrected chi connectivity index (χ1v) is 13.6. The molecule has 0 spiro atoms. The van der Waals surface area contributed by atoms with E-state index in [0.29, 0.717) is 23.6 Å². The molecule has 2 fully saturated rings. The van der Waals surface area contributed by atoms with E-state index < -0.39 is 17.7 Å². The number of piperidine rings is 1. The van der Waals surface area contributed by atoms with Crippen LogP contribution in [0.15, 0.2) is 60.8 Å². The standard InChI is InChI=1S/C23H26N4O.C8H7F2NO2/c1-17-2-4-18(5-3-17)20-10-13-27(16-20)23(28)19-8-11-26(12-9-19)22-7-6-21(14-24)25-15-22;1-11-8(12)13-7-3-5(9)2-6(10)4-7/h2-7,15,19-20H,8-13,16H2,1H3;2-4H,1H3,(H,11,12). The third-order valence-corrected chi connectivity index (χ3v) is 7.37. The first-order valence-electron chi connectivity index (χ1n) is 13.6. The molecule has 1 unspecified atom stereocenters. The van der Waals surface area contributed by atoms with Crippen LogP contribution in [0.3, 0.4) is 0 Å². The largest absolute Gasteiger partial charge is 0.412 e. The summed E-state index contributed by atoms with van der Waals surface area (Å²) in [6, 6.07) is 17.0. The van der Waals surface area contributed by atoms with E-state index in [9.17, 15) is 18.4 Å². The van der Waals surface area contributed by atoms with Crippen molar-refractivity contribution in [1.29, 1.82) is 5.26 Å². The van der Waals surface area contributed by atoms with Gasteiger partial charge in [-0.2, -0.15) is 5.26 Å². The summed E-state index contributed by atoms with van der Waals surface area (Å²) in [6.45, 7) is 5.55. The van der Waals surface area contributed by atoms with Gasteiger partial charge < -0.3 is 19.9 Å². The molecule has 2 saturated heterocycles. The number of anilines is 1. The van der Waals surface area contributed by atoms with Crippen LogP contribution in [-0.4, -0.2) is 55.1 Å². The van der Waals surface area contributed by atoms with Crippen molar-refractivity contribution >= 4 is 17.7 Å². The topological polar surface area (TPSA) is 98.6 Å². The van der Waals surface area contributed by atoms with Crippen LogP contribution in [0.2, 0.25) is 0 Å². The molecule has 0 radical (unpaired) electrons. The number of benzene rings is 2. The number of nitrogens with one attached hydrogen (secondary N) is 1. The average Bonchev–Trinajstić information content (AvgIpc) is 3.47. The average molecular weight is 562 g/mol. The van der Waals surface area contributed by atoms with Gasteiger partial charge in [0.25, 0.3) is 0 Å². The van der Waals surface area contributed by atoms with Gasteiger partial charge in [-0.25, -0.2) is 18.6 Å². The van der Waals surface area contributed by atoms with Crippen LogP contribution in [0, 0.1) is 35.8 Å². The first-order chi connectivity index (χ1) is 19.7. The van der Waals surface area contributed by atoms with Crippen molar-refractivity contribution in [3.05, 3.63) is 89.2 Å². The number of nitriles is 1. The minimum atomic E-state index is -0.793. The molecule has 10 heteroatoms. The second-order valence-electron chi connectivity index (χ2n) is 10.2. The highest BCUT2D eigenvalue weighted by Gasteiger charge is 2.33. The predicted molar refractivity (Wildman–Crippen MR) is 150 cm³/mol. The summed E-state index contributed by atoms with van der Waals surface area (Å²) in [6.07, 6.45) is 3.80. The van der Waals surface area contributed by atoms with Gasteiger partial charge in [0.15, 0.2) is 0 Å². The van der Waals surface area contributed by atoms with Gasteiger partial charge in [0.2, 0.25) is 5.91 Å². The van der Waals surface area contributed by atoms with Crippen molar-refractivity contribution in [2.24, 2.45) is 5.92 Å². The molecular weight excluding hydrogens is 528 g/mol. The molecule has 1 aromatic heterocycles. The third-order valence-electron chi connectivity index (χ3n) is 7.37. The Bertz CT molecular complexity index is 1360. The summed E-state index contributed by atoms with van der Waals surface area (Å²) in [7, 11) is 1.35. The third kappa shape index (κ3) is 8.01. The lowest BCUT2D eigenvalue weighted by molar-refractivity contribution is -0.135. The molecule has 0 bridgehead atoms. The molecule has 2 aliphatic heterocycles. The van der Waals surface area contributed by atoms with Crippen LogP contribution in [0.5, 0.6) is 5.75 Å². The molecule has 2 amide bonds. The lowest BCUT2D eigenvalue weighted by Crippen LogP contribution is -2.41. The minimum absolute atomic E-state index is 0.124.